The number of nitrogens with zero attached hydrogens (tertiary/aromatic N) is 1. The van der Waals surface area contributed by atoms with Crippen LogP contribution >= 0.6 is 0 Å². The number of hydrogen-bond acceptors (Lipinski definition) is 5. The summed E-state index contributed by atoms with van der Waals surface area (Å²) in [5.74, 6) is -0.437. The summed E-state index contributed by atoms with van der Waals surface area (Å²) in [5, 5.41) is 10.5. The molecule has 1 amide bonds. The molecule has 0 aliphatic carbocycles. The van der Waals surface area contributed by atoms with Crippen molar-refractivity contribution in [2.45, 2.75) is 46.3 Å². The molecule has 0 spiro atoms. The number of ether oxygens (including phenoxy) is 2. The van der Waals surface area contributed by atoms with Gasteiger partial charge in [0.2, 0.25) is 0 Å². The summed E-state index contributed by atoms with van der Waals surface area (Å²) in [6, 6.07) is 6.67. The first-order valence-electron chi connectivity index (χ1n) is 9.29. The molecule has 6 heteroatoms. The summed E-state index contributed by atoms with van der Waals surface area (Å²) in [7, 11) is 1.55. The zero-order valence-electron chi connectivity index (χ0n) is 16.7. The van der Waals surface area contributed by atoms with Crippen molar-refractivity contribution in [3.05, 3.63) is 41.2 Å². The third kappa shape index (κ3) is 4.89. The van der Waals surface area contributed by atoms with Gasteiger partial charge in [-0.05, 0) is 37.5 Å². The Hall–Kier alpha value is -2.34. The highest BCUT2D eigenvalue weighted by atomic mass is 16.5. The number of aliphatic hydroxyl groups excluding tert-OH is 1. The van der Waals surface area contributed by atoms with E-state index < -0.39 is 17.7 Å². The number of carbonyl (C=O) groups is 2. The first kappa shape index (κ1) is 21.0. The van der Waals surface area contributed by atoms with Gasteiger partial charge in [-0.25, -0.2) is 0 Å². The molecule has 0 saturated heterocycles. The average molecular weight is 375 g/mol. The molecule has 1 heterocycles. The molecule has 0 bridgehead atoms. The van der Waals surface area contributed by atoms with E-state index in [4.69, 9.17) is 9.47 Å². The fourth-order valence-corrected chi connectivity index (χ4v) is 3.22. The molecule has 0 fully saturated rings. The first-order chi connectivity index (χ1) is 12.8. The lowest BCUT2D eigenvalue weighted by atomic mass is 9.92. The summed E-state index contributed by atoms with van der Waals surface area (Å²) in [5.41, 5.74) is 0.889. The predicted molar refractivity (Wildman–Crippen MR) is 103 cm³/mol. The molecule has 1 N–H and O–H groups in total. The molecule has 1 unspecified atom stereocenters. The second-order valence-electron chi connectivity index (χ2n) is 7.42. The van der Waals surface area contributed by atoms with Crippen LogP contribution in [0.2, 0.25) is 0 Å². The summed E-state index contributed by atoms with van der Waals surface area (Å²) < 4.78 is 10.9. The zero-order valence-corrected chi connectivity index (χ0v) is 16.7. The summed E-state index contributed by atoms with van der Waals surface area (Å²) in [6.07, 6.45) is 0.268. The number of hydrogen-bond donors (Lipinski definition) is 1. The van der Waals surface area contributed by atoms with E-state index in [1.54, 1.807) is 7.11 Å². The molecule has 1 atom stereocenters. The van der Waals surface area contributed by atoms with E-state index in [-0.39, 0.29) is 36.3 Å². The number of rotatable bonds is 9. The largest absolute Gasteiger partial charge is 0.503 e. The van der Waals surface area contributed by atoms with Crippen molar-refractivity contribution < 1.29 is 24.2 Å². The molecule has 1 aliphatic heterocycles. The van der Waals surface area contributed by atoms with Crippen molar-refractivity contribution in [2.75, 3.05) is 20.3 Å². The van der Waals surface area contributed by atoms with Crippen LogP contribution in [-0.4, -0.2) is 48.1 Å². The van der Waals surface area contributed by atoms with Gasteiger partial charge in [-0.1, -0.05) is 26.0 Å². The van der Waals surface area contributed by atoms with Crippen molar-refractivity contribution in [1.29, 1.82) is 0 Å². The minimum absolute atomic E-state index is 0.000965. The van der Waals surface area contributed by atoms with Crippen LogP contribution < -0.4 is 4.74 Å². The normalized spacial score (nSPS) is 17.4. The molecule has 1 aromatic rings. The highest BCUT2D eigenvalue weighted by Gasteiger charge is 2.43. The fourth-order valence-electron chi connectivity index (χ4n) is 3.22. The van der Waals surface area contributed by atoms with Crippen molar-refractivity contribution in [2.24, 2.45) is 5.92 Å². The van der Waals surface area contributed by atoms with Crippen LogP contribution in [0.1, 0.15) is 45.7 Å². The Morgan fingerprint density at radius 3 is 2.56 bits per heavy atom. The van der Waals surface area contributed by atoms with Gasteiger partial charge in [-0.2, -0.15) is 0 Å². The van der Waals surface area contributed by atoms with Gasteiger partial charge in [-0.3, -0.25) is 9.59 Å². The van der Waals surface area contributed by atoms with Crippen molar-refractivity contribution in [1.82, 2.24) is 4.90 Å². The van der Waals surface area contributed by atoms with Crippen LogP contribution in [0.25, 0.3) is 0 Å². The Balaban J connectivity index is 2.47. The lowest BCUT2D eigenvalue weighted by Crippen LogP contribution is -2.34. The van der Waals surface area contributed by atoms with Gasteiger partial charge in [0.1, 0.15) is 5.75 Å². The maximum atomic E-state index is 12.8. The quantitative estimate of drug-likeness (QED) is 0.716. The van der Waals surface area contributed by atoms with Crippen LogP contribution in [0.5, 0.6) is 5.75 Å². The van der Waals surface area contributed by atoms with Gasteiger partial charge in [-0.15, -0.1) is 0 Å². The number of methoxy groups -OCH3 is 1. The minimum atomic E-state index is -0.644. The Bertz CT molecular complexity index is 723. The number of carbonyl (C=O) groups excluding carboxylic acids is 2. The number of amides is 1. The number of aliphatic hydroxyl groups is 1. The van der Waals surface area contributed by atoms with Gasteiger partial charge in [0.25, 0.3) is 5.91 Å². The molecule has 1 aromatic carbocycles. The smallest absolute Gasteiger partial charge is 0.290 e. The highest BCUT2D eigenvalue weighted by molar-refractivity contribution is 6.09. The van der Waals surface area contributed by atoms with Crippen molar-refractivity contribution in [3.63, 3.8) is 0 Å². The molecule has 2 rings (SSSR count). The first-order valence-corrected chi connectivity index (χ1v) is 9.29. The van der Waals surface area contributed by atoms with E-state index in [1.165, 1.54) is 4.90 Å². The maximum absolute atomic E-state index is 12.8. The van der Waals surface area contributed by atoms with Crippen LogP contribution in [0.15, 0.2) is 35.6 Å². The molecule has 0 saturated carbocycles. The Morgan fingerprint density at radius 1 is 1.26 bits per heavy atom. The molecular formula is C21H29NO5. The maximum Gasteiger partial charge on any atom is 0.290 e. The van der Waals surface area contributed by atoms with Gasteiger partial charge in [0, 0.05) is 20.1 Å². The summed E-state index contributed by atoms with van der Waals surface area (Å²) >= 11 is 0. The topological polar surface area (TPSA) is 76.1 Å². The average Bonchev–Trinajstić information content (AvgIpc) is 2.83. The monoisotopic (exact) mass is 375 g/mol. The molecule has 1 aliphatic rings. The standard InChI is InChI=1S/C21H29NO5/c1-13(2)11-17(23)18-19(22(9-10-26-5)21(25)20(18)24)15-7-6-8-16(12-15)27-14(3)4/h6-8,12-14,19,24H,9-11H2,1-5H3. The van der Waals surface area contributed by atoms with E-state index in [9.17, 15) is 14.7 Å². The predicted octanol–water partition coefficient (Wildman–Crippen LogP) is 3.43. The fraction of sp³-hybridized carbons (Fsp3) is 0.524. The molecule has 6 nitrogen and oxygen atoms in total. The summed E-state index contributed by atoms with van der Waals surface area (Å²) in [6.45, 7) is 8.31. The summed E-state index contributed by atoms with van der Waals surface area (Å²) in [4.78, 5) is 26.9. The van der Waals surface area contributed by atoms with E-state index in [0.29, 0.717) is 12.4 Å². The van der Waals surface area contributed by atoms with Gasteiger partial charge in [0.15, 0.2) is 11.5 Å². The minimum Gasteiger partial charge on any atom is -0.503 e. The van der Waals surface area contributed by atoms with Gasteiger partial charge < -0.3 is 19.5 Å². The van der Waals surface area contributed by atoms with E-state index in [1.807, 2.05) is 52.0 Å². The Morgan fingerprint density at radius 2 is 1.96 bits per heavy atom. The highest BCUT2D eigenvalue weighted by Crippen LogP contribution is 2.39. The Labute approximate surface area is 160 Å². The van der Waals surface area contributed by atoms with Crippen LogP contribution in [0.4, 0.5) is 0 Å². The lowest BCUT2D eigenvalue weighted by molar-refractivity contribution is -0.130. The number of benzene rings is 1. The Kier molecular flexibility index (Phi) is 7.02. The van der Waals surface area contributed by atoms with Gasteiger partial charge in [0.05, 0.1) is 24.3 Å². The third-order valence-electron chi connectivity index (χ3n) is 4.28. The van der Waals surface area contributed by atoms with E-state index in [2.05, 4.69) is 0 Å². The molecular weight excluding hydrogens is 346 g/mol. The molecule has 0 radical (unpaired) electrons. The molecule has 148 valence electrons. The molecule has 27 heavy (non-hydrogen) atoms. The second-order valence-corrected chi connectivity index (χ2v) is 7.42. The van der Waals surface area contributed by atoms with Crippen LogP contribution in [-0.2, 0) is 14.3 Å². The van der Waals surface area contributed by atoms with Crippen molar-refractivity contribution >= 4 is 11.7 Å². The van der Waals surface area contributed by atoms with E-state index in [0.717, 1.165) is 5.56 Å². The van der Waals surface area contributed by atoms with Gasteiger partial charge >= 0.3 is 0 Å². The van der Waals surface area contributed by atoms with Crippen LogP contribution in [0.3, 0.4) is 0 Å². The number of Topliss-reactive ketones (excluding diaryl/α,β-unsaturated/α-hetero) is 1. The van der Waals surface area contributed by atoms with Crippen LogP contribution in [0, 0.1) is 5.92 Å². The van der Waals surface area contributed by atoms with Crippen molar-refractivity contribution in [3.8, 4) is 5.75 Å². The van der Waals surface area contributed by atoms with E-state index >= 15 is 0 Å². The SMILES string of the molecule is COCCN1C(=O)C(O)=C(C(=O)CC(C)C)C1c1cccc(OC(C)C)c1. The zero-order chi connectivity index (χ0) is 20.1. The second kappa shape index (κ2) is 9.04. The molecule has 0 aromatic heterocycles. The third-order valence-corrected chi connectivity index (χ3v) is 4.28. The number of ketones is 1. The lowest BCUT2D eigenvalue weighted by Gasteiger charge is -2.27.